The molecule has 2 N–H and O–H groups in total. The Balaban J connectivity index is 1.52. The monoisotopic (exact) mass is 754 g/mol. The number of halogens is 5. The summed E-state index contributed by atoms with van der Waals surface area (Å²) in [7, 11) is -4.84. The first-order valence-corrected chi connectivity index (χ1v) is 17.8. The van der Waals surface area contributed by atoms with Crippen molar-refractivity contribution in [1.29, 1.82) is 0 Å². The van der Waals surface area contributed by atoms with Crippen LogP contribution < -0.4 is 13.8 Å². The topological polar surface area (TPSA) is 134 Å². The number of ether oxygens (including phenoxy) is 2. The number of aliphatic hydroxyl groups excluding tert-OH is 1. The Morgan fingerprint density at radius 3 is 2.47 bits per heavy atom. The molecule has 1 amide bonds. The minimum Gasteiger partial charge on any atom is -0.490 e. The van der Waals surface area contributed by atoms with Gasteiger partial charge in [0.25, 0.3) is 10.0 Å². The van der Waals surface area contributed by atoms with E-state index in [1.54, 1.807) is 24.0 Å². The van der Waals surface area contributed by atoms with Crippen LogP contribution in [0.1, 0.15) is 49.3 Å². The Hall–Kier alpha value is -4.34. The zero-order chi connectivity index (χ0) is 37.1. The third-order valence-electron chi connectivity index (χ3n) is 8.72. The van der Waals surface area contributed by atoms with E-state index in [0.717, 1.165) is 10.4 Å². The number of hydrogen-bond acceptors (Lipinski definition) is 7. The van der Waals surface area contributed by atoms with E-state index in [4.69, 9.17) is 21.1 Å². The molecule has 2 aliphatic heterocycles. The van der Waals surface area contributed by atoms with Gasteiger partial charge in [-0.15, -0.1) is 0 Å². The van der Waals surface area contributed by atoms with Crippen molar-refractivity contribution in [3.63, 3.8) is 0 Å². The number of amides is 1. The van der Waals surface area contributed by atoms with Crippen LogP contribution in [-0.2, 0) is 25.8 Å². The highest BCUT2D eigenvalue weighted by Crippen LogP contribution is 2.42. The van der Waals surface area contributed by atoms with Crippen LogP contribution in [-0.4, -0.2) is 74.4 Å². The SMILES string of the molecule is C/C(=C\c1ccc2c(c1)N(S(=O)(=O)c1cc(C(F)(F)F)ccc1OCCO)C[C@H](CCC(=O)N1CCC(C(=O)O)CC1)O2)c1c(F)cccc1Cl. The van der Waals surface area contributed by atoms with Gasteiger partial charge in [-0.2, -0.15) is 13.2 Å². The predicted octanol–water partition coefficient (Wildman–Crippen LogP) is 6.49. The average molecular weight is 755 g/mol. The van der Waals surface area contributed by atoms with Crippen molar-refractivity contribution in [2.45, 2.75) is 49.8 Å². The van der Waals surface area contributed by atoms with E-state index in [0.29, 0.717) is 36.1 Å². The number of carboxylic acids is 1. The van der Waals surface area contributed by atoms with Gasteiger partial charge in [0.15, 0.2) is 0 Å². The molecule has 0 radical (unpaired) electrons. The maximum Gasteiger partial charge on any atom is 0.416 e. The van der Waals surface area contributed by atoms with Crippen molar-refractivity contribution >= 4 is 50.8 Å². The number of aliphatic hydroxyl groups is 1. The minimum absolute atomic E-state index is 0.0278. The van der Waals surface area contributed by atoms with E-state index < -0.39 is 76.0 Å². The van der Waals surface area contributed by atoms with Crippen molar-refractivity contribution < 1.29 is 55.3 Å². The Morgan fingerprint density at radius 1 is 1.10 bits per heavy atom. The number of carbonyl (C=O) groups excluding carboxylic acids is 1. The highest BCUT2D eigenvalue weighted by atomic mass is 35.5. The molecule has 5 rings (SSSR count). The molecule has 0 aromatic heterocycles. The lowest BCUT2D eigenvalue weighted by molar-refractivity contribution is -0.145. The summed E-state index contributed by atoms with van der Waals surface area (Å²) in [6, 6.07) is 10.7. The Bertz CT molecular complexity index is 1910. The molecule has 0 spiro atoms. The van der Waals surface area contributed by atoms with Crippen LogP contribution in [0.5, 0.6) is 11.5 Å². The van der Waals surface area contributed by atoms with Crippen LogP contribution >= 0.6 is 11.6 Å². The molecule has 3 aromatic rings. The summed E-state index contributed by atoms with van der Waals surface area (Å²) in [5, 5.41) is 18.7. The fourth-order valence-electron chi connectivity index (χ4n) is 6.09. The molecule has 1 atom stereocenters. The number of benzene rings is 3. The van der Waals surface area contributed by atoms with Gasteiger partial charge in [0.2, 0.25) is 5.91 Å². The van der Waals surface area contributed by atoms with Crippen molar-refractivity contribution in [3.05, 3.63) is 82.1 Å². The van der Waals surface area contributed by atoms with Gasteiger partial charge in [-0.05, 0) is 79.8 Å². The first-order valence-electron chi connectivity index (χ1n) is 16.0. The third-order valence-corrected chi connectivity index (χ3v) is 10.8. The summed E-state index contributed by atoms with van der Waals surface area (Å²) in [6.45, 7) is 0.792. The number of aliphatic carboxylic acids is 1. The number of carbonyl (C=O) groups is 2. The number of rotatable bonds is 11. The largest absolute Gasteiger partial charge is 0.490 e. The van der Waals surface area contributed by atoms with E-state index >= 15 is 0 Å². The highest BCUT2D eigenvalue weighted by Gasteiger charge is 2.39. The average Bonchev–Trinajstić information content (AvgIpc) is 3.08. The van der Waals surface area contributed by atoms with Crippen molar-refractivity contribution in [2.75, 3.05) is 37.2 Å². The van der Waals surface area contributed by atoms with Gasteiger partial charge in [0.1, 0.15) is 34.9 Å². The molecule has 3 aromatic carbocycles. The van der Waals surface area contributed by atoms with Gasteiger partial charge < -0.3 is 24.6 Å². The van der Waals surface area contributed by atoms with E-state index in [9.17, 15) is 45.8 Å². The quantitative estimate of drug-likeness (QED) is 0.168. The lowest BCUT2D eigenvalue weighted by Gasteiger charge is -2.36. The fourth-order valence-corrected chi connectivity index (χ4v) is 8.06. The van der Waals surface area contributed by atoms with E-state index in [1.807, 2.05) is 0 Å². The summed E-state index contributed by atoms with van der Waals surface area (Å²) < 4.78 is 97.4. The first kappa shape index (κ1) is 37.9. The number of allylic oxidation sites excluding steroid dienone is 1. The van der Waals surface area contributed by atoms with Gasteiger partial charge in [-0.25, -0.2) is 12.8 Å². The first-order chi connectivity index (χ1) is 24.1. The van der Waals surface area contributed by atoms with Crippen LogP contribution in [0.3, 0.4) is 0 Å². The number of nitrogens with zero attached hydrogens (tertiary/aromatic N) is 2. The number of anilines is 1. The number of alkyl halides is 3. The summed E-state index contributed by atoms with van der Waals surface area (Å²) in [5.41, 5.74) is -0.336. The number of likely N-dealkylation sites (tertiary alicyclic amines) is 1. The lowest BCUT2D eigenvalue weighted by atomic mass is 9.97. The Kier molecular flexibility index (Phi) is 11.5. The second kappa shape index (κ2) is 15.5. The van der Waals surface area contributed by atoms with Crippen LogP contribution in [0.15, 0.2) is 59.5 Å². The summed E-state index contributed by atoms with van der Waals surface area (Å²) in [4.78, 5) is 25.1. The fraction of sp³-hybridized carbons (Fsp3) is 0.371. The molecule has 2 aliphatic rings. The number of piperidine rings is 1. The zero-order valence-corrected chi connectivity index (χ0v) is 28.9. The summed E-state index contributed by atoms with van der Waals surface area (Å²) in [6.07, 6.45) is -3.67. The van der Waals surface area contributed by atoms with Crippen LogP contribution in [0.4, 0.5) is 23.2 Å². The molecular formula is C35H35ClF4N2O8S. The Morgan fingerprint density at radius 2 is 1.82 bits per heavy atom. The molecule has 51 heavy (non-hydrogen) atoms. The molecule has 0 bridgehead atoms. The smallest absolute Gasteiger partial charge is 0.416 e. The maximum atomic E-state index is 14.7. The van der Waals surface area contributed by atoms with E-state index in [2.05, 4.69) is 0 Å². The molecule has 0 aliphatic carbocycles. The highest BCUT2D eigenvalue weighted by molar-refractivity contribution is 7.93. The molecule has 0 unspecified atom stereocenters. The van der Waals surface area contributed by atoms with Gasteiger partial charge >= 0.3 is 12.1 Å². The van der Waals surface area contributed by atoms with Crippen molar-refractivity contribution in [2.24, 2.45) is 5.92 Å². The minimum atomic E-state index is -4.89. The molecular weight excluding hydrogens is 720 g/mol. The van der Waals surface area contributed by atoms with Crippen LogP contribution in [0.25, 0.3) is 11.6 Å². The second-order valence-electron chi connectivity index (χ2n) is 12.2. The second-order valence-corrected chi connectivity index (χ2v) is 14.4. The van der Waals surface area contributed by atoms with Crippen LogP contribution in [0.2, 0.25) is 5.02 Å². The summed E-state index contributed by atoms with van der Waals surface area (Å²) in [5.74, 6) is -2.67. The van der Waals surface area contributed by atoms with Gasteiger partial charge in [0, 0.05) is 25.1 Å². The summed E-state index contributed by atoms with van der Waals surface area (Å²) >= 11 is 6.24. The lowest BCUT2D eigenvalue weighted by Crippen LogP contribution is -2.45. The molecule has 2 heterocycles. The number of carboxylic acid groups (broad SMARTS) is 1. The standard InChI is InChI=1S/C35H35ClF4N2O8S/c1-21(33-26(36)3-2-4-27(33)37)17-22-5-8-29-28(18-22)42(20-25(50-29)7-10-32(44)41-13-11-23(12-14-41)34(45)46)51(47,48)31-19-24(35(38,39)40)6-9-30(31)49-16-15-43/h2-6,8-9,17-19,23,25,43H,7,10-16,20H2,1H3,(H,45,46)/b21-17+/t25-/m0/s1. The molecule has 1 fully saturated rings. The Labute approximate surface area is 296 Å². The van der Waals surface area contributed by atoms with Crippen molar-refractivity contribution in [3.8, 4) is 11.5 Å². The normalized spacial score (nSPS) is 17.2. The molecule has 274 valence electrons. The van der Waals surface area contributed by atoms with Crippen molar-refractivity contribution in [1.82, 2.24) is 4.90 Å². The number of fused-ring (bicyclic) bond motifs is 1. The maximum absolute atomic E-state index is 14.7. The molecule has 0 saturated carbocycles. The molecule has 1 saturated heterocycles. The zero-order valence-electron chi connectivity index (χ0n) is 27.3. The van der Waals surface area contributed by atoms with Gasteiger partial charge in [0.05, 0.1) is 35.3 Å². The predicted molar refractivity (Wildman–Crippen MR) is 181 cm³/mol. The van der Waals surface area contributed by atoms with Gasteiger partial charge in [-0.1, -0.05) is 29.8 Å². The molecule has 10 nitrogen and oxygen atoms in total. The molecule has 16 heteroatoms. The number of hydrogen-bond donors (Lipinski definition) is 2. The third kappa shape index (κ3) is 8.59. The number of sulfonamides is 1. The van der Waals surface area contributed by atoms with E-state index in [-0.39, 0.29) is 53.9 Å². The van der Waals surface area contributed by atoms with Gasteiger partial charge in [-0.3, -0.25) is 13.9 Å². The van der Waals surface area contributed by atoms with Crippen LogP contribution in [0, 0.1) is 11.7 Å². The van der Waals surface area contributed by atoms with E-state index in [1.165, 1.54) is 30.3 Å².